The Labute approximate surface area is 236 Å². The average molecular weight is 537 g/mol. The van der Waals surface area contributed by atoms with Gasteiger partial charge in [0.25, 0.3) is 0 Å². The van der Waals surface area contributed by atoms with Gasteiger partial charge in [-0.2, -0.15) is 10.0 Å². The Morgan fingerprint density at radius 1 is 0.425 bits per heavy atom. The van der Waals surface area contributed by atoms with E-state index in [-0.39, 0.29) is 0 Å². The second-order valence-corrected chi connectivity index (χ2v) is 13.7. The number of anilines is 3. The SMILES string of the molecule is CS1(C)c2ccccc2N(c2ccc(-c3nc(-c4ccccc4)nc(-c4ccccc4)n3)cc2)c2ccccc21. The molecule has 4 nitrogen and oxygen atoms in total. The molecule has 1 aliphatic heterocycles. The minimum atomic E-state index is -1.12. The van der Waals surface area contributed by atoms with E-state index in [2.05, 4.69) is 90.2 Å². The topological polar surface area (TPSA) is 41.9 Å². The van der Waals surface area contributed by atoms with Crippen molar-refractivity contribution < 1.29 is 0 Å². The molecule has 0 aliphatic carbocycles. The Morgan fingerprint density at radius 3 is 1.25 bits per heavy atom. The largest absolute Gasteiger partial charge is 0.308 e. The third kappa shape index (κ3) is 4.16. The third-order valence-electron chi connectivity index (χ3n) is 7.39. The van der Waals surface area contributed by atoms with Crippen molar-refractivity contribution in [2.75, 3.05) is 17.4 Å². The van der Waals surface area contributed by atoms with Crippen molar-refractivity contribution >= 4 is 27.1 Å². The van der Waals surface area contributed by atoms with E-state index in [1.807, 2.05) is 60.7 Å². The molecule has 0 bridgehead atoms. The predicted molar refractivity (Wildman–Crippen MR) is 167 cm³/mol. The standard InChI is InChI=1S/C35H28N4S/c1-40(2)31-19-11-9-17-29(31)39(30-18-10-12-20-32(30)40)28-23-21-27(22-24-28)35-37-33(25-13-5-3-6-14-25)36-34(38-35)26-15-7-4-8-16-26/h3-24H,1-2H3. The van der Waals surface area contributed by atoms with E-state index in [4.69, 9.17) is 15.0 Å². The lowest BCUT2D eigenvalue weighted by Gasteiger charge is -2.45. The zero-order chi connectivity index (χ0) is 27.1. The van der Waals surface area contributed by atoms with E-state index in [9.17, 15) is 0 Å². The second kappa shape index (κ2) is 9.78. The van der Waals surface area contributed by atoms with Crippen molar-refractivity contribution in [1.29, 1.82) is 0 Å². The van der Waals surface area contributed by atoms with Crippen molar-refractivity contribution in [1.82, 2.24) is 15.0 Å². The highest BCUT2D eigenvalue weighted by Gasteiger charge is 2.33. The molecule has 1 aliphatic rings. The van der Waals surface area contributed by atoms with Gasteiger partial charge < -0.3 is 4.90 Å². The van der Waals surface area contributed by atoms with Gasteiger partial charge >= 0.3 is 0 Å². The van der Waals surface area contributed by atoms with E-state index in [1.165, 1.54) is 21.2 Å². The number of nitrogens with zero attached hydrogens (tertiary/aromatic N) is 4. The third-order valence-corrected chi connectivity index (χ3v) is 10.3. The maximum absolute atomic E-state index is 4.90. The molecule has 0 N–H and O–H groups in total. The van der Waals surface area contributed by atoms with Crippen LogP contribution in [-0.2, 0) is 0 Å². The number of rotatable bonds is 4. The summed E-state index contributed by atoms with van der Waals surface area (Å²) in [6.07, 6.45) is 4.78. The van der Waals surface area contributed by atoms with Gasteiger partial charge in [-0.1, -0.05) is 84.9 Å². The van der Waals surface area contributed by atoms with Gasteiger partial charge in [0.2, 0.25) is 0 Å². The number of hydrogen-bond donors (Lipinski definition) is 0. The van der Waals surface area contributed by atoms with Crippen molar-refractivity contribution in [2.45, 2.75) is 9.79 Å². The fourth-order valence-corrected chi connectivity index (χ4v) is 7.81. The molecule has 5 aromatic carbocycles. The average Bonchev–Trinajstić information content (AvgIpc) is 3.02. The van der Waals surface area contributed by atoms with Crippen LogP contribution in [0.15, 0.2) is 143 Å². The summed E-state index contributed by atoms with van der Waals surface area (Å²) in [4.78, 5) is 19.8. The predicted octanol–water partition coefficient (Wildman–Crippen LogP) is 9.14. The molecular formula is C35H28N4S. The maximum Gasteiger partial charge on any atom is 0.164 e. The van der Waals surface area contributed by atoms with Crippen LogP contribution in [0, 0.1) is 0 Å². The van der Waals surface area contributed by atoms with Crippen LogP contribution in [0.5, 0.6) is 0 Å². The highest BCUT2D eigenvalue weighted by molar-refractivity contribution is 8.33. The minimum Gasteiger partial charge on any atom is -0.308 e. The Morgan fingerprint density at radius 2 is 0.800 bits per heavy atom. The molecule has 0 unspecified atom stereocenters. The Balaban J connectivity index is 1.34. The van der Waals surface area contributed by atoms with E-state index < -0.39 is 10.0 Å². The Kier molecular flexibility index (Phi) is 5.94. The normalized spacial score (nSPS) is 14.2. The van der Waals surface area contributed by atoms with Crippen LogP contribution in [0.4, 0.5) is 17.1 Å². The summed E-state index contributed by atoms with van der Waals surface area (Å²) in [5.74, 6) is 1.99. The van der Waals surface area contributed by atoms with Crippen LogP contribution in [-0.4, -0.2) is 27.5 Å². The summed E-state index contributed by atoms with van der Waals surface area (Å²) in [7, 11) is -1.12. The summed E-state index contributed by atoms with van der Waals surface area (Å²) in [5.41, 5.74) is 6.47. The summed E-state index contributed by atoms with van der Waals surface area (Å²) in [5, 5.41) is 0. The zero-order valence-electron chi connectivity index (χ0n) is 22.4. The summed E-state index contributed by atoms with van der Waals surface area (Å²) < 4.78 is 0. The number of aromatic nitrogens is 3. The van der Waals surface area contributed by atoms with Crippen LogP contribution in [0.2, 0.25) is 0 Å². The molecule has 7 rings (SSSR count). The van der Waals surface area contributed by atoms with Crippen molar-refractivity contribution in [2.24, 2.45) is 0 Å². The first-order valence-electron chi connectivity index (χ1n) is 13.3. The van der Waals surface area contributed by atoms with Crippen molar-refractivity contribution in [3.8, 4) is 34.2 Å². The molecule has 5 heteroatoms. The first kappa shape index (κ1) is 24.3. The molecule has 194 valence electrons. The lowest BCUT2D eigenvalue weighted by atomic mass is 10.1. The number of hydrogen-bond acceptors (Lipinski definition) is 4. The second-order valence-electron chi connectivity index (χ2n) is 10.2. The molecule has 0 spiro atoms. The number of benzene rings is 5. The van der Waals surface area contributed by atoms with E-state index >= 15 is 0 Å². The fourth-order valence-electron chi connectivity index (χ4n) is 5.37. The highest BCUT2D eigenvalue weighted by Crippen LogP contribution is 2.67. The van der Waals surface area contributed by atoms with E-state index in [1.54, 1.807) is 0 Å². The fraction of sp³-hybridized carbons (Fsp3) is 0.0571. The molecule has 0 fully saturated rings. The minimum absolute atomic E-state index is 0.657. The first-order valence-corrected chi connectivity index (χ1v) is 15.7. The molecule has 0 saturated carbocycles. The van der Waals surface area contributed by atoms with Gasteiger partial charge in [0, 0.05) is 32.2 Å². The molecule has 1 aromatic heterocycles. The molecule has 2 heterocycles. The molecule has 0 saturated heterocycles. The van der Waals surface area contributed by atoms with Crippen LogP contribution in [0.25, 0.3) is 34.2 Å². The van der Waals surface area contributed by atoms with E-state index in [0.29, 0.717) is 17.5 Å². The van der Waals surface area contributed by atoms with Crippen LogP contribution >= 0.6 is 10.0 Å². The van der Waals surface area contributed by atoms with Gasteiger partial charge in [0.05, 0.1) is 11.4 Å². The van der Waals surface area contributed by atoms with E-state index in [0.717, 1.165) is 22.4 Å². The maximum atomic E-state index is 4.90. The summed E-state index contributed by atoms with van der Waals surface area (Å²) in [6.45, 7) is 0. The highest BCUT2D eigenvalue weighted by atomic mass is 32.3. The number of fused-ring (bicyclic) bond motifs is 2. The van der Waals surface area contributed by atoms with Crippen molar-refractivity contribution in [3.63, 3.8) is 0 Å². The van der Waals surface area contributed by atoms with Crippen LogP contribution in [0.3, 0.4) is 0 Å². The smallest absolute Gasteiger partial charge is 0.164 e. The summed E-state index contributed by atoms with van der Waals surface area (Å²) >= 11 is 0. The molecular weight excluding hydrogens is 508 g/mol. The summed E-state index contributed by atoms with van der Waals surface area (Å²) in [6, 6.07) is 46.3. The monoisotopic (exact) mass is 536 g/mol. The van der Waals surface area contributed by atoms with Crippen LogP contribution in [0.1, 0.15) is 0 Å². The van der Waals surface area contributed by atoms with Gasteiger partial charge in [-0.3, -0.25) is 0 Å². The van der Waals surface area contributed by atoms with Gasteiger partial charge in [0.1, 0.15) is 0 Å². The van der Waals surface area contributed by atoms with Crippen molar-refractivity contribution in [3.05, 3.63) is 133 Å². The zero-order valence-corrected chi connectivity index (χ0v) is 23.2. The van der Waals surface area contributed by atoms with Gasteiger partial charge in [-0.05, 0) is 61.0 Å². The first-order chi connectivity index (χ1) is 19.6. The molecule has 0 atom stereocenters. The lowest BCUT2D eigenvalue weighted by Crippen LogP contribution is -2.19. The van der Waals surface area contributed by atoms with Crippen LogP contribution < -0.4 is 4.90 Å². The lowest BCUT2D eigenvalue weighted by molar-refractivity contribution is 1.07. The number of para-hydroxylation sites is 2. The van der Waals surface area contributed by atoms with Gasteiger partial charge in [0.15, 0.2) is 17.5 Å². The molecule has 0 amide bonds. The molecule has 0 radical (unpaired) electrons. The Bertz CT molecular complexity index is 1710. The van der Waals surface area contributed by atoms with Gasteiger partial charge in [-0.25, -0.2) is 15.0 Å². The quantitative estimate of drug-likeness (QED) is 0.225. The molecule has 6 aromatic rings. The van der Waals surface area contributed by atoms with Gasteiger partial charge in [-0.15, -0.1) is 0 Å². The Hall–Kier alpha value is -4.74. The molecule has 40 heavy (non-hydrogen) atoms.